The van der Waals surface area contributed by atoms with Gasteiger partial charge in [-0.05, 0) is 18.9 Å². The summed E-state index contributed by atoms with van der Waals surface area (Å²) >= 11 is 0. The molecule has 0 atom stereocenters. The van der Waals surface area contributed by atoms with Crippen LogP contribution in [0.3, 0.4) is 0 Å². The maximum Gasteiger partial charge on any atom is 0.257 e. The molecular formula is C12H17N3O2. The lowest BCUT2D eigenvalue weighted by molar-refractivity contribution is 0.0681. The van der Waals surface area contributed by atoms with E-state index in [0.29, 0.717) is 30.4 Å². The van der Waals surface area contributed by atoms with Gasteiger partial charge in [-0.1, -0.05) is 0 Å². The first-order chi connectivity index (χ1) is 8.24. The first kappa shape index (κ1) is 11.9. The number of pyridine rings is 1. The number of ether oxygens (including phenoxy) is 1. The Morgan fingerprint density at radius 1 is 1.65 bits per heavy atom. The number of amides is 1. The third-order valence-electron chi connectivity index (χ3n) is 2.87. The smallest absolute Gasteiger partial charge is 0.257 e. The standard InChI is InChI=1S/C12H17N3O2/c1-17-7-6-15(9-2-3-9)12(16)10-8-14-5-4-11(10)13/h4-5,8-9H,2-3,6-7H2,1H3,(H2,13,14). The van der Waals surface area contributed by atoms with Gasteiger partial charge in [-0.25, -0.2) is 0 Å². The Bertz CT molecular complexity index is 404. The number of methoxy groups -OCH3 is 1. The van der Waals surface area contributed by atoms with Crippen LogP contribution in [-0.2, 0) is 4.74 Å². The first-order valence-corrected chi connectivity index (χ1v) is 5.73. The van der Waals surface area contributed by atoms with E-state index in [4.69, 9.17) is 10.5 Å². The summed E-state index contributed by atoms with van der Waals surface area (Å²) in [5, 5.41) is 0. The van der Waals surface area contributed by atoms with Gasteiger partial charge in [0, 0.05) is 37.8 Å². The van der Waals surface area contributed by atoms with Crippen molar-refractivity contribution < 1.29 is 9.53 Å². The van der Waals surface area contributed by atoms with Crippen molar-refractivity contribution in [1.82, 2.24) is 9.88 Å². The van der Waals surface area contributed by atoms with E-state index in [0.717, 1.165) is 12.8 Å². The Morgan fingerprint density at radius 2 is 2.41 bits per heavy atom. The summed E-state index contributed by atoms with van der Waals surface area (Å²) in [5.74, 6) is -0.0462. The zero-order chi connectivity index (χ0) is 12.3. The highest BCUT2D eigenvalue weighted by Gasteiger charge is 2.33. The number of nitrogen functional groups attached to an aromatic ring is 1. The molecule has 2 N–H and O–H groups in total. The fraction of sp³-hybridized carbons (Fsp3) is 0.500. The van der Waals surface area contributed by atoms with Crippen molar-refractivity contribution in [3.05, 3.63) is 24.0 Å². The summed E-state index contributed by atoms with van der Waals surface area (Å²) in [6, 6.07) is 1.99. The Hall–Kier alpha value is -1.62. The molecule has 17 heavy (non-hydrogen) atoms. The Balaban J connectivity index is 2.13. The topological polar surface area (TPSA) is 68.5 Å². The van der Waals surface area contributed by atoms with Gasteiger partial charge in [-0.2, -0.15) is 0 Å². The van der Waals surface area contributed by atoms with Gasteiger partial charge in [-0.3, -0.25) is 9.78 Å². The Morgan fingerprint density at radius 3 is 3.00 bits per heavy atom. The van der Waals surface area contributed by atoms with Crippen LogP contribution >= 0.6 is 0 Å². The van der Waals surface area contributed by atoms with Crippen LogP contribution in [0.2, 0.25) is 0 Å². The van der Waals surface area contributed by atoms with Gasteiger partial charge in [0.15, 0.2) is 0 Å². The molecule has 0 spiro atoms. The van der Waals surface area contributed by atoms with Crippen LogP contribution in [0.5, 0.6) is 0 Å². The number of rotatable bonds is 5. The van der Waals surface area contributed by atoms with Crippen LogP contribution in [-0.4, -0.2) is 42.1 Å². The van der Waals surface area contributed by atoms with E-state index >= 15 is 0 Å². The Labute approximate surface area is 101 Å². The van der Waals surface area contributed by atoms with Gasteiger partial charge in [0.1, 0.15) is 0 Å². The number of nitrogens with two attached hydrogens (primary N) is 1. The zero-order valence-electron chi connectivity index (χ0n) is 9.93. The molecule has 0 aliphatic heterocycles. The minimum Gasteiger partial charge on any atom is -0.398 e. The Kier molecular flexibility index (Phi) is 3.58. The van der Waals surface area contributed by atoms with Crippen LogP contribution < -0.4 is 5.73 Å². The number of carbonyl (C=O) groups excluding carboxylic acids is 1. The van der Waals surface area contributed by atoms with Gasteiger partial charge in [-0.15, -0.1) is 0 Å². The van der Waals surface area contributed by atoms with Gasteiger partial charge < -0.3 is 15.4 Å². The number of hydrogen-bond donors (Lipinski definition) is 1. The molecule has 1 saturated carbocycles. The molecule has 0 unspecified atom stereocenters. The fourth-order valence-electron chi connectivity index (χ4n) is 1.76. The van der Waals surface area contributed by atoms with E-state index < -0.39 is 0 Å². The quantitative estimate of drug-likeness (QED) is 0.823. The van der Waals surface area contributed by atoms with E-state index in [2.05, 4.69) is 4.98 Å². The van der Waals surface area contributed by atoms with Crippen molar-refractivity contribution in [3.63, 3.8) is 0 Å². The minimum atomic E-state index is -0.0462. The molecule has 0 radical (unpaired) electrons. The van der Waals surface area contributed by atoms with E-state index in [-0.39, 0.29) is 5.91 Å². The van der Waals surface area contributed by atoms with Crippen molar-refractivity contribution in [1.29, 1.82) is 0 Å². The molecular weight excluding hydrogens is 218 g/mol. The van der Waals surface area contributed by atoms with Crippen molar-refractivity contribution in [2.45, 2.75) is 18.9 Å². The normalized spacial score (nSPS) is 14.6. The highest BCUT2D eigenvalue weighted by atomic mass is 16.5. The first-order valence-electron chi connectivity index (χ1n) is 5.73. The second kappa shape index (κ2) is 5.14. The molecule has 1 amide bonds. The maximum atomic E-state index is 12.3. The molecule has 1 aliphatic rings. The second-order valence-electron chi connectivity index (χ2n) is 4.19. The molecule has 2 rings (SSSR count). The van der Waals surface area contributed by atoms with Crippen molar-refractivity contribution in [2.75, 3.05) is 26.0 Å². The number of hydrogen-bond acceptors (Lipinski definition) is 4. The molecule has 1 aromatic heterocycles. The van der Waals surface area contributed by atoms with Gasteiger partial charge >= 0.3 is 0 Å². The highest BCUT2D eigenvalue weighted by molar-refractivity contribution is 5.99. The van der Waals surface area contributed by atoms with E-state index in [1.54, 1.807) is 19.4 Å². The SMILES string of the molecule is COCCN(C(=O)c1cnccc1N)C1CC1. The van der Waals surface area contributed by atoms with Crippen LogP contribution in [0.1, 0.15) is 23.2 Å². The van der Waals surface area contributed by atoms with Crippen molar-refractivity contribution in [2.24, 2.45) is 0 Å². The minimum absolute atomic E-state index is 0.0462. The zero-order valence-corrected chi connectivity index (χ0v) is 9.93. The number of aromatic nitrogens is 1. The van der Waals surface area contributed by atoms with Crippen LogP contribution in [0.4, 0.5) is 5.69 Å². The maximum absolute atomic E-state index is 12.3. The highest BCUT2D eigenvalue weighted by Crippen LogP contribution is 2.28. The lowest BCUT2D eigenvalue weighted by Crippen LogP contribution is -2.36. The average molecular weight is 235 g/mol. The average Bonchev–Trinajstić information content (AvgIpc) is 3.14. The lowest BCUT2D eigenvalue weighted by Gasteiger charge is -2.22. The molecule has 0 bridgehead atoms. The molecule has 0 saturated heterocycles. The van der Waals surface area contributed by atoms with Gasteiger partial charge in [0.05, 0.1) is 12.2 Å². The summed E-state index contributed by atoms with van der Waals surface area (Å²) in [5.41, 5.74) is 6.75. The van der Waals surface area contributed by atoms with E-state index in [1.165, 1.54) is 6.20 Å². The number of anilines is 1. The third kappa shape index (κ3) is 2.74. The van der Waals surface area contributed by atoms with Gasteiger partial charge in [0.25, 0.3) is 5.91 Å². The van der Waals surface area contributed by atoms with Crippen molar-refractivity contribution in [3.8, 4) is 0 Å². The summed E-state index contributed by atoms with van der Waals surface area (Å²) in [6.07, 6.45) is 5.24. The molecule has 0 aromatic carbocycles. The van der Waals surface area contributed by atoms with E-state index in [1.807, 2.05) is 4.90 Å². The molecule has 5 heteroatoms. The molecule has 1 fully saturated rings. The molecule has 1 heterocycles. The van der Waals surface area contributed by atoms with Crippen molar-refractivity contribution >= 4 is 11.6 Å². The van der Waals surface area contributed by atoms with Crippen LogP contribution in [0.25, 0.3) is 0 Å². The van der Waals surface area contributed by atoms with Crippen LogP contribution in [0, 0.1) is 0 Å². The lowest BCUT2D eigenvalue weighted by atomic mass is 10.2. The summed E-state index contributed by atoms with van der Waals surface area (Å²) in [7, 11) is 1.63. The molecule has 1 aliphatic carbocycles. The molecule has 5 nitrogen and oxygen atoms in total. The largest absolute Gasteiger partial charge is 0.398 e. The predicted octanol–water partition coefficient (Wildman–Crippen LogP) is 0.915. The fourth-order valence-corrected chi connectivity index (χ4v) is 1.76. The molecule has 92 valence electrons. The summed E-state index contributed by atoms with van der Waals surface area (Å²) in [6.45, 7) is 1.15. The number of nitrogens with zero attached hydrogens (tertiary/aromatic N) is 2. The third-order valence-corrected chi connectivity index (χ3v) is 2.87. The van der Waals surface area contributed by atoms with Crippen LogP contribution in [0.15, 0.2) is 18.5 Å². The summed E-state index contributed by atoms with van der Waals surface area (Å²) < 4.78 is 5.03. The summed E-state index contributed by atoms with van der Waals surface area (Å²) in [4.78, 5) is 18.1. The molecule has 1 aromatic rings. The predicted molar refractivity (Wildman–Crippen MR) is 64.6 cm³/mol. The second-order valence-corrected chi connectivity index (χ2v) is 4.19. The van der Waals surface area contributed by atoms with Gasteiger partial charge in [0.2, 0.25) is 0 Å². The monoisotopic (exact) mass is 235 g/mol. The number of carbonyl (C=O) groups is 1. The van der Waals surface area contributed by atoms with E-state index in [9.17, 15) is 4.79 Å².